The molecule has 0 saturated heterocycles. The second-order valence-corrected chi connectivity index (χ2v) is 6.77. The maximum atomic E-state index is 3.70. The molecule has 1 aliphatic carbocycles. The van der Waals surface area contributed by atoms with Crippen LogP contribution in [0.1, 0.15) is 49.1 Å². The molecule has 0 amide bonds. The van der Waals surface area contributed by atoms with Gasteiger partial charge in [-0.25, -0.2) is 0 Å². The van der Waals surface area contributed by atoms with Gasteiger partial charge in [-0.3, -0.25) is 0 Å². The van der Waals surface area contributed by atoms with Crippen molar-refractivity contribution in [2.75, 3.05) is 18.6 Å². The molecular weight excluding hydrogens is 250 g/mol. The lowest BCUT2D eigenvalue weighted by Crippen LogP contribution is -2.40. The monoisotopic (exact) mass is 277 g/mol. The second-order valence-electron chi connectivity index (χ2n) is 5.79. The largest absolute Gasteiger partial charge is 0.314 e. The van der Waals surface area contributed by atoms with Gasteiger partial charge in [-0.15, -0.1) is 0 Å². The summed E-state index contributed by atoms with van der Waals surface area (Å²) in [6.45, 7) is 3.39. The number of hydrogen-bond donors (Lipinski definition) is 1. The molecule has 0 unspecified atom stereocenters. The quantitative estimate of drug-likeness (QED) is 0.708. The normalized spacial score (nSPS) is 22.2. The van der Waals surface area contributed by atoms with Crippen LogP contribution in [0.5, 0.6) is 0 Å². The Labute approximate surface area is 122 Å². The molecule has 1 fully saturated rings. The highest BCUT2D eigenvalue weighted by Gasteiger charge is 2.29. The van der Waals surface area contributed by atoms with Crippen LogP contribution in [0.4, 0.5) is 0 Å². The Bertz CT molecular complexity index is 371. The van der Waals surface area contributed by atoms with Gasteiger partial charge in [0.1, 0.15) is 0 Å². The lowest BCUT2D eigenvalue weighted by atomic mass is 9.75. The first kappa shape index (κ1) is 14.9. The lowest BCUT2D eigenvalue weighted by Gasteiger charge is -2.36. The summed E-state index contributed by atoms with van der Waals surface area (Å²) in [7, 11) is 0. The van der Waals surface area contributed by atoms with Crippen LogP contribution >= 0.6 is 11.8 Å². The first-order chi connectivity index (χ1) is 9.29. The van der Waals surface area contributed by atoms with Gasteiger partial charge in [0.2, 0.25) is 0 Å². The number of nitrogens with one attached hydrogen (secondary N) is 1. The van der Waals surface area contributed by atoms with Crippen LogP contribution in [-0.4, -0.2) is 24.6 Å². The van der Waals surface area contributed by atoms with E-state index in [2.05, 4.69) is 42.8 Å². The maximum absolute atomic E-state index is 3.70. The van der Waals surface area contributed by atoms with Crippen LogP contribution < -0.4 is 5.32 Å². The zero-order chi connectivity index (χ0) is 13.5. The Hall–Kier alpha value is -0.470. The van der Waals surface area contributed by atoms with E-state index in [0.29, 0.717) is 0 Å². The summed E-state index contributed by atoms with van der Waals surface area (Å²) in [6, 6.07) is 9.79. The van der Waals surface area contributed by atoms with Crippen molar-refractivity contribution in [2.45, 2.75) is 51.0 Å². The molecule has 0 aliphatic heterocycles. The Morgan fingerprint density at radius 3 is 2.79 bits per heavy atom. The number of benzene rings is 1. The second kappa shape index (κ2) is 7.96. The van der Waals surface area contributed by atoms with Gasteiger partial charge in [0, 0.05) is 6.04 Å². The van der Waals surface area contributed by atoms with Crippen molar-refractivity contribution in [3.8, 4) is 0 Å². The van der Waals surface area contributed by atoms with Crippen LogP contribution in [0.25, 0.3) is 0 Å². The molecule has 1 aromatic rings. The Balaban J connectivity index is 1.56. The first-order valence-electron chi connectivity index (χ1n) is 7.58. The van der Waals surface area contributed by atoms with Gasteiger partial charge < -0.3 is 5.32 Å². The zero-order valence-electron chi connectivity index (χ0n) is 12.3. The van der Waals surface area contributed by atoms with Crippen LogP contribution in [-0.2, 0) is 0 Å². The third-order valence-electron chi connectivity index (χ3n) is 4.11. The molecule has 2 rings (SSSR count). The van der Waals surface area contributed by atoms with Gasteiger partial charge in [0.15, 0.2) is 0 Å². The fourth-order valence-corrected chi connectivity index (χ4v) is 3.33. The van der Waals surface area contributed by atoms with Crippen molar-refractivity contribution in [1.82, 2.24) is 5.32 Å². The number of unbranched alkanes of at least 4 members (excludes halogenated alkanes) is 2. The summed E-state index contributed by atoms with van der Waals surface area (Å²) in [5.41, 5.74) is 2.93. The van der Waals surface area contributed by atoms with Gasteiger partial charge in [-0.05, 0) is 62.6 Å². The summed E-state index contributed by atoms with van der Waals surface area (Å²) in [4.78, 5) is 0. The molecule has 19 heavy (non-hydrogen) atoms. The lowest BCUT2D eigenvalue weighted by molar-refractivity contribution is 0.290. The molecule has 106 valence electrons. The molecule has 0 bridgehead atoms. The van der Waals surface area contributed by atoms with Gasteiger partial charge in [0.25, 0.3) is 0 Å². The molecule has 0 spiro atoms. The van der Waals surface area contributed by atoms with E-state index in [1.165, 1.54) is 55.5 Å². The molecule has 2 heteroatoms. The molecule has 0 aromatic heterocycles. The molecule has 0 heterocycles. The van der Waals surface area contributed by atoms with Gasteiger partial charge in [-0.2, -0.15) is 11.8 Å². The highest BCUT2D eigenvalue weighted by atomic mass is 32.2. The minimum Gasteiger partial charge on any atom is -0.314 e. The standard InChI is InChI=1S/C17H27NS/c1-14-7-6-8-15(11-14)16-12-17(13-16)18-9-4-3-5-10-19-2/h6-8,11,16-18H,3-5,9-10,12-13H2,1-2H3. The number of rotatable bonds is 8. The van der Waals surface area contributed by atoms with Crippen molar-refractivity contribution in [3.63, 3.8) is 0 Å². The van der Waals surface area contributed by atoms with Crippen molar-refractivity contribution in [3.05, 3.63) is 35.4 Å². The Morgan fingerprint density at radius 1 is 1.21 bits per heavy atom. The van der Waals surface area contributed by atoms with Gasteiger partial charge >= 0.3 is 0 Å². The number of aryl methyl sites for hydroxylation is 1. The fraction of sp³-hybridized carbons (Fsp3) is 0.647. The van der Waals surface area contributed by atoms with Crippen LogP contribution in [0.3, 0.4) is 0 Å². The topological polar surface area (TPSA) is 12.0 Å². The minimum absolute atomic E-state index is 0.770. The maximum Gasteiger partial charge on any atom is 0.00787 e. The van der Waals surface area contributed by atoms with Crippen molar-refractivity contribution in [1.29, 1.82) is 0 Å². The SMILES string of the molecule is CSCCCCCNC1CC(c2cccc(C)c2)C1. The number of hydrogen-bond acceptors (Lipinski definition) is 2. The molecule has 0 radical (unpaired) electrons. The van der Waals surface area contributed by atoms with Crippen molar-refractivity contribution >= 4 is 11.8 Å². The Kier molecular flexibility index (Phi) is 6.25. The Morgan fingerprint density at radius 2 is 2.05 bits per heavy atom. The highest BCUT2D eigenvalue weighted by molar-refractivity contribution is 7.98. The van der Waals surface area contributed by atoms with E-state index < -0.39 is 0 Å². The summed E-state index contributed by atoms with van der Waals surface area (Å²) in [5, 5.41) is 3.70. The molecule has 1 aliphatic rings. The zero-order valence-corrected chi connectivity index (χ0v) is 13.1. The van der Waals surface area contributed by atoms with Crippen LogP contribution in [0.15, 0.2) is 24.3 Å². The molecule has 1 saturated carbocycles. The van der Waals surface area contributed by atoms with Crippen molar-refractivity contribution in [2.24, 2.45) is 0 Å². The van der Waals surface area contributed by atoms with E-state index >= 15 is 0 Å². The van der Waals surface area contributed by atoms with E-state index in [9.17, 15) is 0 Å². The molecule has 1 nitrogen and oxygen atoms in total. The average molecular weight is 277 g/mol. The molecule has 1 aromatic carbocycles. The smallest absolute Gasteiger partial charge is 0.00787 e. The average Bonchev–Trinajstić information content (AvgIpc) is 2.35. The summed E-state index contributed by atoms with van der Waals surface area (Å²) in [5.74, 6) is 2.12. The predicted molar refractivity (Wildman–Crippen MR) is 87.2 cm³/mol. The molecular formula is C17H27NS. The highest BCUT2D eigenvalue weighted by Crippen LogP contribution is 2.36. The predicted octanol–water partition coefficient (Wildman–Crippen LogP) is 4.36. The molecule has 1 N–H and O–H groups in total. The summed E-state index contributed by atoms with van der Waals surface area (Å²) < 4.78 is 0. The van der Waals surface area contributed by atoms with Gasteiger partial charge in [-0.1, -0.05) is 36.2 Å². The number of thioether (sulfide) groups is 1. The van der Waals surface area contributed by atoms with Gasteiger partial charge in [0.05, 0.1) is 0 Å². The third kappa shape index (κ3) is 4.85. The van der Waals surface area contributed by atoms with E-state index in [-0.39, 0.29) is 0 Å². The van der Waals surface area contributed by atoms with E-state index in [1.54, 1.807) is 0 Å². The van der Waals surface area contributed by atoms with E-state index in [1.807, 2.05) is 11.8 Å². The van der Waals surface area contributed by atoms with Crippen LogP contribution in [0.2, 0.25) is 0 Å². The van der Waals surface area contributed by atoms with Crippen molar-refractivity contribution < 1.29 is 0 Å². The first-order valence-corrected chi connectivity index (χ1v) is 8.98. The minimum atomic E-state index is 0.770. The van der Waals surface area contributed by atoms with E-state index in [4.69, 9.17) is 0 Å². The third-order valence-corrected chi connectivity index (χ3v) is 4.81. The summed E-state index contributed by atoms with van der Waals surface area (Å²) in [6.07, 6.45) is 8.94. The molecule has 0 atom stereocenters. The summed E-state index contributed by atoms with van der Waals surface area (Å²) >= 11 is 1.96. The van der Waals surface area contributed by atoms with E-state index in [0.717, 1.165) is 12.0 Å². The van der Waals surface area contributed by atoms with Crippen LogP contribution in [0, 0.1) is 6.92 Å². The fourth-order valence-electron chi connectivity index (χ4n) is 2.84.